The van der Waals surface area contributed by atoms with Gasteiger partial charge in [0, 0.05) is 20.1 Å². The summed E-state index contributed by atoms with van der Waals surface area (Å²) in [4.78, 5) is 0. The monoisotopic (exact) mass is 284 g/mol. The van der Waals surface area contributed by atoms with Gasteiger partial charge in [0.2, 0.25) is 0 Å². The molecule has 0 amide bonds. The number of nitrogens with zero attached hydrogens (tertiary/aromatic N) is 2. The lowest BCUT2D eigenvalue weighted by Crippen LogP contribution is -2.23. The van der Waals surface area contributed by atoms with Gasteiger partial charge in [0.15, 0.2) is 5.75 Å². The lowest BCUT2D eigenvalue weighted by atomic mass is 9.91. The van der Waals surface area contributed by atoms with Crippen LogP contribution in [0.4, 0.5) is 0 Å². The van der Waals surface area contributed by atoms with Crippen molar-refractivity contribution in [2.75, 3.05) is 6.61 Å². The van der Waals surface area contributed by atoms with E-state index in [1.165, 1.54) is 0 Å². The van der Waals surface area contributed by atoms with E-state index in [4.69, 9.17) is 4.74 Å². The van der Waals surface area contributed by atoms with Crippen molar-refractivity contribution in [3.8, 4) is 5.75 Å². The zero-order valence-electron chi connectivity index (χ0n) is 13.4. The molecule has 0 atom stereocenters. The fraction of sp³-hybridized carbons (Fsp3) is 0.786. The van der Waals surface area contributed by atoms with E-state index >= 15 is 0 Å². The first-order valence-corrected chi connectivity index (χ1v) is 10.6. The highest BCUT2D eigenvalue weighted by atomic mass is 28.3. The topological polar surface area (TPSA) is 47.3 Å². The molecule has 4 nitrogen and oxygen atoms in total. The molecule has 0 spiro atoms. The summed E-state index contributed by atoms with van der Waals surface area (Å²) < 4.78 is 7.51. The fourth-order valence-electron chi connectivity index (χ4n) is 1.94. The molecule has 0 unspecified atom stereocenters. The molecule has 0 aliphatic carbocycles. The Balaban J connectivity index is 2.72. The van der Waals surface area contributed by atoms with E-state index in [9.17, 15) is 5.11 Å². The van der Waals surface area contributed by atoms with Crippen LogP contribution in [0.2, 0.25) is 25.7 Å². The molecule has 1 N–H and O–H groups in total. The number of aromatic nitrogens is 2. The summed E-state index contributed by atoms with van der Waals surface area (Å²) in [5.41, 5.74) is 1.37. The zero-order valence-corrected chi connectivity index (χ0v) is 14.4. The molecule has 1 rings (SSSR count). The number of ether oxygens (including phenoxy) is 1. The second-order valence-corrected chi connectivity index (χ2v) is 13.0. The van der Waals surface area contributed by atoms with E-state index in [1.54, 1.807) is 4.68 Å². The van der Waals surface area contributed by atoms with Gasteiger partial charge in [-0.1, -0.05) is 40.4 Å². The third kappa shape index (κ3) is 4.65. The highest BCUT2D eigenvalue weighted by molar-refractivity contribution is 6.76. The minimum absolute atomic E-state index is 0.145. The van der Waals surface area contributed by atoms with Gasteiger partial charge in [-0.3, -0.25) is 0 Å². The van der Waals surface area contributed by atoms with Crippen molar-refractivity contribution in [3.63, 3.8) is 0 Å². The van der Waals surface area contributed by atoms with Crippen LogP contribution in [-0.2, 0) is 16.9 Å². The lowest BCUT2D eigenvalue weighted by molar-refractivity contribution is 0.0739. The smallest absolute Gasteiger partial charge is 0.160 e. The van der Waals surface area contributed by atoms with Gasteiger partial charge in [-0.15, -0.1) is 0 Å². The average Bonchev–Trinajstić information content (AvgIpc) is 2.47. The molecular formula is C14H28N2O2Si. The molecule has 0 aromatic carbocycles. The van der Waals surface area contributed by atoms with Crippen molar-refractivity contribution in [1.29, 1.82) is 0 Å². The first-order chi connectivity index (χ1) is 8.52. The van der Waals surface area contributed by atoms with Crippen molar-refractivity contribution >= 4 is 8.07 Å². The first-order valence-electron chi connectivity index (χ1n) is 6.87. The normalized spacial score (nSPS) is 13.0. The molecule has 0 saturated heterocycles. The van der Waals surface area contributed by atoms with Crippen LogP contribution in [-0.4, -0.2) is 29.6 Å². The van der Waals surface area contributed by atoms with Gasteiger partial charge >= 0.3 is 0 Å². The molecule has 1 heterocycles. The van der Waals surface area contributed by atoms with E-state index in [-0.39, 0.29) is 5.41 Å². The van der Waals surface area contributed by atoms with Gasteiger partial charge in [-0.2, -0.15) is 5.10 Å². The van der Waals surface area contributed by atoms with Crippen LogP contribution < -0.4 is 0 Å². The maximum absolute atomic E-state index is 10.1. The molecule has 0 aliphatic heterocycles. The van der Waals surface area contributed by atoms with Gasteiger partial charge in [0.1, 0.15) is 12.4 Å². The van der Waals surface area contributed by atoms with Gasteiger partial charge in [0.25, 0.3) is 0 Å². The number of aryl methyl sites for hydroxylation is 1. The Morgan fingerprint density at radius 2 is 1.84 bits per heavy atom. The Morgan fingerprint density at radius 1 is 1.26 bits per heavy atom. The molecule has 0 radical (unpaired) electrons. The second kappa shape index (κ2) is 5.67. The average molecular weight is 284 g/mol. The molecule has 19 heavy (non-hydrogen) atoms. The Hall–Kier alpha value is -0.813. The number of aromatic hydroxyl groups is 1. The largest absolute Gasteiger partial charge is 0.504 e. The molecule has 0 bridgehead atoms. The Bertz CT molecular complexity index is 428. The lowest BCUT2D eigenvalue weighted by Gasteiger charge is -2.21. The highest BCUT2D eigenvalue weighted by Crippen LogP contribution is 2.32. The molecule has 110 valence electrons. The van der Waals surface area contributed by atoms with Crippen molar-refractivity contribution in [1.82, 2.24) is 9.78 Å². The fourth-order valence-corrected chi connectivity index (χ4v) is 2.69. The summed E-state index contributed by atoms with van der Waals surface area (Å²) in [5, 5.41) is 14.5. The molecule has 5 heteroatoms. The highest BCUT2D eigenvalue weighted by Gasteiger charge is 2.26. The van der Waals surface area contributed by atoms with E-state index in [0.717, 1.165) is 18.3 Å². The predicted molar refractivity (Wildman–Crippen MR) is 81.4 cm³/mol. The van der Waals surface area contributed by atoms with Gasteiger partial charge in [-0.25, -0.2) is 4.68 Å². The molecule has 0 fully saturated rings. The van der Waals surface area contributed by atoms with Crippen LogP contribution in [0, 0.1) is 6.92 Å². The van der Waals surface area contributed by atoms with Crippen molar-refractivity contribution in [3.05, 3.63) is 11.4 Å². The molecular weight excluding hydrogens is 256 g/mol. The summed E-state index contributed by atoms with van der Waals surface area (Å²) in [7, 11) is -1.06. The third-order valence-corrected chi connectivity index (χ3v) is 4.72. The van der Waals surface area contributed by atoms with Crippen LogP contribution in [0.25, 0.3) is 0 Å². The van der Waals surface area contributed by atoms with Crippen LogP contribution in [0.1, 0.15) is 32.2 Å². The molecule has 1 aromatic heterocycles. The minimum Gasteiger partial charge on any atom is -0.504 e. The predicted octanol–water partition coefficient (Wildman–Crippen LogP) is 3.51. The standard InChI is InChI=1S/C14H28N2O2Si/c1-11-12(17)13(14(2,3)4)16(15-11)10-18-8-9-19(5,6)7/h17H,8-10H2,1-7H3. The number of hydrogen-bond acceptors (Lipinski definition) is 3. The van der Waals surface area contributed by atoms with E-state index in [2.05, 4.69) is 45.5 Å². The Morgan fingerprint density at radius 3 is 2.32 bits per heavy atom. The van der Waals surface area contributed by atoms with Crippen molar-refractivity contribution in [2.45, 2.75) is 65.5 Å². The minimum atomic E-state index is -1.06. The third-order valence-electron chi connectivity index (χ3n) is 3.02. The number of hydrogen-bond donors (Lipinski definition) is 1. The summed E-state index contributed by atoms with van der Waals surface area (Å²) in [6.45, 7) is 16.2. The van der Waals surface area contributed by atoms with Crippen molar-refractivity contribution in [2.24, 2.45) is 0 Å². The van der Waals surface area contributed by atoms with E-state index in [0.29, 0.717) is 18.2 Å². The maximum atomic E-state index is 10.1. The van der Waals surface area contributed by atoms with Gasteiger partial charge in [-0.05, 0) is 13.0 Å². The molecule has 0 aliphatic rings. The molecule has 0 saturated carbocycles. The SMILES string of the molecule is Cc1nn(COCC[Si](C)(C)C)c(C(C)(C)C)c1O. The summed E-state index contributed by atoms with van der Waals surface area (Å²) in [6, 6.07) is 1.14. The number of rotatable bonds is 5. The van der Waals surface area contributed by atoms with E-state index < -0.39 is 8.07 Å². The van der Waals surface area contributed by atoms with Gasteiger partial charge < -0.3 is 9.84 Å². The summed E-state index contributed by atoms with van der Waals surface area (Å²) >= 11 is 0. The summed E-state index contributed by atoms with van der Waals surface area (Å²) in [6.07, 6.45) is 0. The Kier molecular flexibility index (Phi) is 4.85. The van der Waals surface area contributed by atoms with Crippen LogP contribution in [0.15, 0.2) is 0 Å². The Labute approximate surface area is 117 Å². The molecule has 1 aromatic rings. The quantitative estimate of drug-likeness (QED) is 0.665. The van der Waals surface area contributed by atoms with Crippen LogP contribution >= 0.6 is 0 Å². The zero-order chi connectivity index (χ0) is 14.8. The van der Waals surface area contributed by atoms with Gasteiger partial charge in [0.05, 0.1) is 5.69 Å². The van der Waals surface area contributed by atoms with Crippen LogP contribution in [0.5, 0.6) is 5.75 Å². The van der Waals surface area contributed by atoms with E-state index in [1.807, 2.05) is 6.92 Å². The summed E-state index contributed by atoms with van der Waals surface area (Å²) in [5.74, 6) is 0.293. The second-order valence-electron chi connectivity index (χ2n) is 7.38. The first kappa shape index (κ1) is 16.2. The van der Waals surface area contributed by atoms with Crippen LogP contribution in [0.3, 0.4) is 0 Å². The maximum Gasteiger partial charge on any atom is 0.160 e. The van der Waals surface area contributed by atoms with Crippen molar-refractivity contribution < 1.29 is 9.84 Å².